The van der Waals surface area contributed by atoms with Gasteiger partial charge in [-0.1, -0.05) is 31.5 Å². The maximum absolute atomic E-state index is 12.3. The molecule has 0 aliphatic rings. The van der Waals surface area contributed by atoms with Gasteiger partial charge in [-0.05, 0) is 55.2 Å². The first-order valence-electron chi connectivity index (χ1n) is 7.37. The molecule has 1 amide bonds. The molecular formula is C18H22N2O. The first-order chi connectivity index (χ1) is 10.1. The lowest BCUT2D eigenvalue weighted by molar-refractivity contribution is 0.102. The van der Waals surface area contributed by atoms with Crippen LogP contribution in [0.2, 0.25) is 0 Å². The topological polar surface area (TPSA) is 55.1 Å². The summed E-state index contributed by atoms with van der Waals surface area (Å²) in [6.07, 6.45) is 3.46. The van der Waals surface area contributed by atoms with Crippen LogP contribution in [-0.2, 0) is 6.42 Å². The second kappa shape index (κ2) is 6.93. The lowest BCUT2D eigenvalue weighted by Gasteiger charge is -2.10. The Hall–Kier alpha value is -2.29. The van der Waals surface area contributed by atoms with Crippen LogP contribution in [0.15, 0.2) is 42.5 Å². The highest BCUT2D eigenvalue weighted by Gasteiger charge is 2.10. The summed E-state index contributed by atoms with van der Waals surface area (Å²) in [6.45, 7) is 4.04. The third-order valence-corrected chi connectivity index (χ3v) is 3.65. The fraction of sp³-hybridized carbons (Fsp3) is 0.278. The number of aryl methyl sites for hydroxylation is 1. The van der Waals surface area contributed by atoms with E-state index in [4.69, 9.17) is 5.73 Å². The van der Waals surface area contributed by atoms with Gasteiger partial charge in [0.15, 0.2) is 0 Å². The van der Waals surface area contributed by atoms with E-state index in [1.165, 1.54) is 18.4 Å². The fourth-order valence-corrected chi connectivity index (χ4v) is 2.23. The third kappa shape index (κ3) is 3.85. The van der Waals surface area contributed by atoms with Crippen LogP contribution >= 0.6 is 0 Å². The highest BCUT2D eigenvalue weighted by Crippen LogP contribution is 2.18. The quantitative estimate of drug-likeness (QED) is 0.809. The summed E-state index contributed by atoms with van der Waals surface area (Å²) >= 11 is 0. The molecule has 3 nitrogen and oxygen atoms in total. The van der Waals surface area contributed by atoms with Crippen LogP contribution in [-0.4, -0.2) is 5.91 Å². The minimum Gasteiger partial charge on any atom is -0.398 e. The van der Waals surface area contributed by atoms with E-state index in [1.807, 2.05) is 19.1 Å². The van der Waals surface area contributed by atoms with Gasteiger partial charge in [-0.15, -0.1) is 0 Å². The van der Waals surface area contributed by atoms with Gasteiger partial charge in [-0.2, -0.15) is 0 Å². The van der Waals surface area contributed by atoms with Gasteiger partial charge in [0.2, 0.25) is 0 Å². The highest BCUT2D eigenvalue weighted by molar-refractivity contribution is 6.06. The highest BCUT2D eigenvalue weighted by atomic mass is 16.1. The Bertz CT molecular complexity index is 618. The van der Waals surface area contributed by atoms with Gasteiger partial charge in [-0.3, -0.25) is 4.79 Å². The van der Waals surface area contributed by atoms with E-state index in [9.17, 15) is 4.79 Å². The second-order valence-electron chi connectivity index (χ2n) is 5.27. The number of hydrogen-bond acceptors (Lipinski definition) is 2. The number of carbonyl (C=O) groups is 1. The van der Waals surface area contributed by atoms with Crippen LogP contribution in [0.25, 0.3) is 0 Å². The van der Waals surface area contributed by atoms with Gasteiger partial charge in [0.25, 0.3) is 5.91 Å². The summed E-state index contributed by atoms with van der Waals surface area (Å²) in [5, 5.41) is 2.92. The van der Waals surface area contributed by atoms with E-state index in [-0.39, 0.29) is 5.91 Å². The number of carbonyl (C=O) groups excluding carboxylic acids is 1. The van der Waals surface area contributed by atoms with Gasteiger partial charge >= 0.3 is 0 Å². The van der Waals surface area contributed by atoms with Crippen LogP contribution in [0.1, 0.15) is 41.3 Å². The van der Waals surface area contributed by atoms with Crippen molar-refractivity contribution in [3.8, 4) is 0 Å². The van der Waals surface area contributed by atoms with Crippen molar-refractivity contribution in [1.82, 2.24) is 0 Å². The number of amides is 1. The number of nitrogens with two attached hydrogens (primary N) is 1. The molecule has 0 radical (unpaired) electrons. The monoisotopic (exact) mass is 282 g/mol. The van der Waals surface area contributed by atoms with E-state index in [0.717, 1.165) is 17.7 Å². The maximum Gasteiger partial charge on any atom is 0.256 e. The predicted molar refractivity (Wildman–Crippen MR) is 88.6 cm³/mol. The summed E-state index contributed by atoms with van der Waals surface area (Å²) in [5.74, 6) is -0.124. The Morgan fingerprint density at radius 1 is 1.14 bits per heavy atom. The molecule has 0 saturated carbocycles. The SMILES string of the molecule is CCCCc1ccc(NC(=O)c2cccc(N)c2C)cc1. The Morgan fingerprint density at radius 2 is 1.86 bits per heavy atom. The van der Waals surface area contributed by atoms with Gasteiger partial charge in [0.05, 0.1) is 0 Å². The van der Waals surface area contributed by atoms with E-state index >= 15 is 0 Å². The van der Waals surface area contributed by atoms with Crippen molar-refractivity contribution >= 4 is 17.3 Å². The number of rotatable bonds is 5. The molecule has 0 unspecified atom stereocenters. The number of hydrogen-bond donors (Lipinski definition) is 2. The van der Waals surface area contributed by atoms with E-state index in [2.05, 4.69) is 24.4 Å². The van der Waals surface area contributed by atoms with Crippen molar-refractivity contribution in [1.29, 1.82) is 0 Å². The molecule has 0 aliphatic carbocycles. The summed E-state index contributed by atoms with van der Waals surface area (Å²) in [7, 11) is 0. The van der Waals surface area contributed by atoms with Gasteiger partial charge in [0, 0.05) is 16.9 Å². The van der Waals surface area contributed by atoms with Crippen LogP contribution in [0.4, 0.5) is 11.4 Å². The molecule has 0 spiro atoms. The van der Waals surface area contributed by atoms with Gasteiger partial charge < -0.3 is 11.1 Å². The molecule has 2 rings (SSSR count). The molecule has 0 fully saturated rings. The third-order valence-electron chi connectivity index (χ3n) is 3.65. The average molecular weight is 282 g/mol. The minimum atomic E-state index is -0.124. The number of benzene rings is 2. The maximum atomic E-state index is 12.3. The van der Waals surface area contributed by atoms with Crippen molar-refractivity contribution < 1.29 is 4.79 Å². The summed E-state index contributed by atoms with van der Waals surface area (Å²) in [6, 6.07) is 13.4. The van der Waals surface area contributed by atoms with Crippen LogP contribution < -0.4 is 11.1 Å². The molecular weight excluding hydrogens is 260 g/mol. The predicted octanol–water partition coefficient (Wildman–Crippen LogP) is 4.17. The smallest absolute Gasteiger partial charge is 0.256 e. The summed E-state index contributed by atoms with van der Waals surface area (Å²) in [5.41, 5.74) is 10.0. The molecule has 0 heterocycles. The first kappa shape index (κ1) is 15.1. The minimum absolute atomic E-state index is 0.124. The number of anilines is 2. The normalized spacial score (nSPS) is 10.4. The molecule has 0 atom stereocenters. The fourth-order valence-electron chi connectivity index (χ4n) is 2.23. The Labute approximate surface area is 126 Å². The van der Waals surface area contributed by atoms with Crippen molar-refractivity contribution in [2.24, 2.45) is 0 Å². The average Bonchev–Trinajstić information content (AvgIpc) is 2.49. The molecule has 110 valence electrons. The van der Waals surface area contributed by atoms with Crippen molar-refractivity contribution in [2.75, 3.05) is 11.1 Å². The zero-order valence-electron chi connectivity index (χ0n) is 12.6. The van der Waals surface area contributed by atoms with Gasteiger partial charge in [-0.25, -0.2) is 0 Å². The lowest BCUT2D eigenvalue weighted by atomic mass is 10.1. The molecule has 3 heteroatoms. The first-order valence-corrected chi connectivity index (χ1v) is 7.37. The molecule has 0 bridgehead atoms. The van der Waals surface area contributed by atoms with Crippen molar-refractivity contribution in [3.05, 3.63) is 59.2 Å². The Balaban J connectivity index is 2.07. The van der Waals surface area contributed by atoms with Crippen LogP contribution in [0.5, 0.6) is 0 Å². The van der Waals surface area contributed by atoms with Crippen molar-refractivity contribution in [2.45, 2.75) is 33.1 Å². The number of unbranched alkanes of at least 4 members (excludes halogenated alkanes) is 1. The summed E-state index contributed by atoms with van der Waals surface area (Å²) < 4.78 is 0. The van der Waals surface area contributed by atoms with E-state index in [0.29, 0.717) is 11.3 Å². The zero-order valence-corrected chi connectivity index (χ0v) is 12.6. The second-order valence-corrected chi connectivity index (χ2v) is 5.27. The van der Waals surface area contributed by atoms with E-state index in [1.54, 1.807) is 18.2 Å². The Morgan fingerprint density at radius 3 is 2.52 bits per heavy atom. The lowest BCUT2D eigenvalue weighted by Crippen LogP contribution is -2.14. The summed E-state index contributed by atoms with van der Waals surface area (Å²) in [4.78, 5) is 12.3. The van der Waals surface area contributed by atoms with Crippen LogP contribution in [0.3, 0.4) is 0 Å². The molecule has 2 aromatic carbocycles. The molecule has 21 heavy (non-hydrogen) atoms. The zero-order chi connectivity index (χ0) is 15.2. The molecule has 3 N–H and O–H groups in total. The number of nitrogen functional groups attached to an aromatic ring is 1. The molecule has 0 saturated heterocycles. The standard InChI is InChI=1S/C18H22N2O/c1-3-4-6-14-9-11-15(12-10-14)20-18(21)16-7-5-8-17(19)13(16)2/h5,7-12H,3-4,6,19H2,1-2H3,(H,20,21). The molecule has 0 aromatic heterocycles. The largest absolute Gasteiger partial charge is 0.398 e. The van der Waals surface area contributed by atoms with Crippen LogP contribution in [0, 0.1) is 6.92 Å². The Kier molecular flexibility index (Phi) is 4.99. The molecule has 0 aliphatic heterocycles. The number of nitrogens with one attached hydrogen (secondary N) is 1. The van der Waals surface area contributed by atoms with Gasteiger partial charge in [0.1, 0.15) is 0 Å². The molecule has 2 aromatic rings. The van der Waals surface area contributed by atoms with Crippen molar-refractivity contribution in [3.63, 3.8) is 0 Å². The van der Waals surface area contributed by atoms with E-state index < -0.39 is 0 Å².